The van der Waals surface area contributed by atoms with Crippen LogP contribution in [0.2, 0.25) is 0 Å². The lowest BCUT2D eigenvalue weighted by Crippen LogP contribution is -2.41. The van der Waals surface area contributed by atoms with E-state index in [-0.39, 0.29) is 17.9 Å². The maximum Gasteiger partial charge on any atom is 0.416 e. The molecule has 1 heterocycles. The van der Waals surface area contributed by atoms with Gasteiger partial charge in [-0.2, -0.15) is 13.2 Å². The van der Waals surface area contributed by atoms with Crippen molar-refractivity contribution < 1.29 is 32.2 Å². The molecule has 8 heteroatoms. The molecule has 29 heavy (non-hydrogen) atoms. The minimum atomic E-state index is -4.60. The Hall–Kier alpha value is -2.61. The van der Waals surface area contributed by atoms with Crippen LogP contribution >= 0.6 is 0 Å². The number of halogens is 4. The van der Waals surface area contributed by atoms with Crippen LogP contribution in [0.3, 0.4) is 0 Å². The number of methoxy groups -OCH3 is 1. The molecule has 1 N–H and O–H groups in total. The van der Waals surface area contributed by atoms with Gasteiger partial charge in [0.1, 0.15) is 0 Å². The predicted molar refractivity (Wildman–Crippen MR) is 98.2 cm³/mol. The van der Waals surface area contributed by atoms with Crippen molar-refractivity contribution in [3.8, 4) is 5.75 Å². The molecule has 2 aromatic carbocycles. The number of rotatable bonds is 5. The fourth-order valence-corrected chi connectivity index (χ4v) is 3.88. The summed E-state index contributed by atoms with van der Waals surface area (Å²) in [4.78, 5) is 13.2. The monoisotopic (exact) mass is 411 g/mol. The minimum absolute atomic E-state index is 0.0151. The van der Waals surface area contributed by atoms with Crippen LogP contribution in [-0.4, -0.2) is 36.2 Å². The number of hydrogen-bond donors (Lipinski definition) is 1. The summed E-state index contributed by atoms with van der Waals surface area (Å²) in [7, 11) is 1.30. The van der Waals surface area contributed by atoms with Gasteiger partial charge in [-0.3, -0.25) is 9.69 Å². The highest BCUT2D eigenvalue weighted by Gasteiger charge is 2.38. The molecule has 0 amide bonds. The van der Waals surface area contributed by atoms with E-state index in [4.69, 9.17) is 4.74 Å². The van der Waals surface area contributed by atoms with Crippen LogP contribution in [0.4, 0.5) is 17.6 Å². The molecule has 0 aliphatic carbocycles. The second kappa shape index (κ2) is 8.41. The average Bonchev–Trinajstić information content (AvgIpc) is 2.68. The number of carboxylic acid groups (broad SMARTS) is 1. The largest absolute Gasteiger partial charge is 0.494 e. The van der Waals surface area contributed by atoms with Gasteiger partial charge < -0.3 is 9.84 Å². The Morgan fingerprint density at radius 3 is 2.59 bits per heavy atom. The molecular formula is C21H21F4NO3. The topological polar surface area (TPSA) is 49.8 Å². The summed E-state index contributed by atoms with van der Waals surface area (Å²) < 4.78 is 60.3. The van der Waals surface area contributed by atoms with Gasteiger partial charge in [0.25, 0.3) is 0 Å². The zero-order valence-corrected chi connectivity index (χ0v) is 15.7. The molecule has 1 aliphatic heterocycles. The molecule has 1 fully saturated rings. The van der Waals surface area contributed by atoms with Crippen molar-refractivity contribution in [3.05, 3.63) is 65.0 Å². The van der Waals surface area contributed by atoms with Gasteiger partial charge in [-0.25, -0.2) is 4.39 Å². The van der Waals surface area contributed by atoms with Gasteiger partial charge in [0.2, 0.25) is 0 Å². The average molecular weight is 411 g/mol. The molecule has 0 aromatic heterocycles. The molecule has 2 aromatic rings. The fourth-order valence-electron chi connectivity index (χ4n) is 3.88. The van der Waals surface area contributed by atoms with E-state index in [1.165, 1.54) is 37.4 Å². The fraction of sp³-hybridized carbons (Fsp3) is 0.381. The third-order valence-electron chi connectivity index (χ3n) is 5.22. The maximum atomic E-state index is 14.4. The number of piperidine rings is 1. The lowest BCUT2D eigenvalue weighted by atomic mass is 9.89. The Balaban J connectivity index is 2.13. The predicted octanol–water partition coefficient (Wildman–Crippen LogP) is 4.74. The highest BCUT2D eigenvalue weighted by molar-refractivity contribution is 5.70. The van der Waals surface area contributed by atoms with Crippen LogP contribution in [0.5, 0.6) is 5.75 Å². The van der Waals surface area contributed by atoms with E-state index in [2.05, 4.69) is 0 Å². The summed E-state index contributed by atoms with van der Waals surface area (Å²) in [5, 5.41) is 9.39. The van der Waals surface area contributed by atoms with Gasteiger partial charge >= 0.3 is 12.1 Å². The Labute approximate surface area is 165 Å². The molecule has 4 nitrogen and oxygen atoms in total. The number of alkyl halides is 3. The highest BCUT2D eigenvalue weighted by Crippen LogP contribution is 2.41. The molecule has 1 aliphatic rings. The Bertz CT molecular complexity index is 884. The second-order valence-corrected chi connectivity index (χ2v) is 7.05. The first-order valence-electron chi connectivity index (χ1n) is 9.18. The number of carbonyl (C=O) groups is 1. The molecule has 0 saturated carbocycles. The number of benzene rings is 2. The van der Waals surface area contributed by atoms with Crippen molar-refractivity contribution >= 4 is 5.97 Å². The SMILES string of the molecule is COc1ccc(C(c2ccccc2C(F)(F)F)N2CCCC(C(=O)O)C2)cc1F. The lowest BCUT2D eigenvalue weighted by molar-refractivity contribution is -0.144. The smallest absolute Gasteiger partial charge is 0.416 e. The number of ether oxygens (including phenoxy) is 1. The normalized spacial score (nSPS) is 19.0. The van der Waals surface area contributed by atoms with E-state index >= 15 is 0 Å². The van der Waals surface area contributed by atoms with Crippen LogP contribution in [0, 0.1) is 11.7 Å². The Kier molecular flexibility index (Phi) is 6.12. The van der Waals surface area contributed by atoms with Gasteiger partial charge in [0.15, 0.2) is 11.6 Å². The summed E-state index contributed by atoms with van der Waals surface area (Å²) in [6.07, 6.45) is -3.61. The van der Waals surface area contributed by atoms with E-state index in [0.717, 1.165) is 12.1 Å². The minimum Gasteiger partial charge on any atom is -0.494 e. The van der Waals surface area contributed by atoms with Crippen molar-refractivity contribution in [3.63, 3.8) is 0 Å². The number of likely N-dealkylation sites (tertiary alicyclic amines) is 1. The molecule has 1 saturated heterocycles. The van der Waals surface area contributed by atoms with Crippen molar-refractivity contribution in [2.75, 3.05) is 20.2 Å². The lowest BCUT2D eigenvalue weighted by Gasteiger charge is -2.38. The summed E-state index contributed by atoms with van der Waals surface area (Å²) in [6, 6.07) is 8.25. The van der Waals surface area contributed by atoms with Gasteiger partial charge in [-0.1, -0.05) is 24.3 Å². The van der Waals surface area contributed by atoms with E-state index in [1.807, 2.05) is 0 Å². The van der Waals surface area contributed by atoms with E-state index < -0.39 is 35.5 Å². The molecule has 0 bridgehead atoms. The quantitative estimate of drug-likeness (QED) is 0.723. The van der Waals surface area contributed by atoms with Gasteiger partial charge in [0, 0.05) is 6.54 Å². The molecule has 3 rings (SSSR count). The number of nitrogens with zero attached hydrogens (tertiary/aromatic N) is 1. The van der Waals surface area contributed by atoms with Crippen molar-refractivity contribution in [1.82, 2.24) is 4.90 Å². The van der Waals surface area contributed by atoms with Crippen molar-refractivity contribution in [1.29, 1.82) is 0 Å². The number of aliphatic carboxylic acids is 1. The first-order valence-corrected chi connectivity index (χ1v) is 9.18. The number of hydrogen-bond acceptors (Lipinski definition) is 3. The zero-order valence-electron chi connectivity index (χ0n) is 15.7. The van der Waals surface area contributed by atoms with E-state index in [0.29, 0.717) is 24.9 Å². The van der Waals surface area contributed by atoms with Crippen LogP contribution in [0.1, 0.15) is 35.6 Å². The summed E-state index contributed by atoms with van der Waals surface area (Å²) in [6.45, 7) is 0.494. The highest BCUT2D eigenvalue weighted by atomic mass is 19.4. The number of carboxylic acids is 1. The van der Waals surface area contributed by atoms with Crippen LogP contribution in [0.15, 0.2) is 42.5 Å². The molecule has 156 valence electrons. The molecule has 2 unspecified atom stereocenters. The van der Waals surface area contributed by atoms with Crippen LogP contribution in [0.25, 0.3) is 0 Å². The second-order valence-electron chi connectivity index (χ2n) is 7.05. The first kappa shape index (κ1) is 21.1. The first-order chi connectivity index (χ1) is 13.7. The summed E-state index contributed by atoms with van der Waals surface area (Å²) >= 11 is 0. The maximum absolute atomic E-state index is 14.4. The van der Waals surface area contributed by atoms with Crippen LogP contribution in [-0.2, 0) is 11.0 Å². The third kappa shape index (κ3) is 4.53. The van der Waals surface area contributed by atoms with Crippen molar-refractivity contribution in [2.24, 2.45) is 5.92 Å². The third-order valence-corrected chi connectivity index (χ3v) is 5.22. The van der Waals surface area contributed by atoms with Gasteiger partial charge in [-0.05, 0) is 48.7 Å². The molecule has 2 atom stereocenters. The summed E-state index contributed by atoms with van der Waals surface area (Å²) in [5.41, 5.74) is -0.541. The van der Waals surface area contributed by atoms with Crippen LogP contribution < -0.4 is 4.74 Å². The van der Waals surface area contributed by atoms with Crippen molar-refractivity contribution in [2.45, 2.75) is 25.1 Å². The molecule has 0 spiro atoms. The van der Waals surface area contributed by atoms with E-state index in [1.54, 1.807) is 4.90 Å². The Morgan fingerprint density at radius 2 is 1.97 bits per heavy atom. The van der Waals surface area contributed by atoms with E-state index in [9.17, 15) is 27.5 Å². The standard InChI is InChI=1S/C21H21F4NO3/c1-29-18-9-8-13(11-17(18)22)19(26-10-4-5-14(12-26)20(27)28)15-6-2-3-7-16(15)21(23,24)25/h2-3,6-9,11,14,19H,4-5,10,12H2,1H3,(H,27,28). The van der Waals surface area contributed by atoms with Gasteiger partial charge in [-0.15, -0.1) is 0 Å². The summed E-state index contributed by atoms with van der Waals surface area (Å²) in [5.74, 6) is -2.38. The molecular weight excluding hydrogens is 390 g/mol. The van der Waals surface area contributed by atoms with Gasteiger partial charge in [0.05, 0.1) is 24.6 Å². The zero-order chi connectivity index (χ0) is 21.2. The Morgan fingerprint density at radius 1 is 1.24 bits per heavy atom. The molecule has 0 radical (unpaired) electrons.